The molecule has 1 unspecified atom stereocenters. The fourth-order valence-electron chi connectivity index (χ4n) is 5.83. The van der Waals surface area contributed by atoms with Gasteiger partial charge in [-0.05, 0) is 36.3 Å². The normalized spacial score (nSPS) is 21.4. The summed E-state index contributed by atoms with van der Waals surface area (Å²) in [4.78, 5) is 0. The van der Waals surface area contributed by atoms with Gasteiger partial charge in [0.2, 0.25) is 0 Å². The molecule has 2 aliphatic carbocycles. The summed E-state index contributed by atoms with van der Waals surface area (Å²) in [5.41, 5.74) is 6.90. The van der Waals surface area contributed by atoms with E-state index in [1.165, 1.54) is 42.6 Å². The van der Waals surface area contributed by atoms with Gasteiger partial charge in [0, 0.05) is 16.5 Å². The average molecular weight is 441 g/mol. The topological polar surface area (TPSA) is 9.23 Å². The van der Waals surface area contributed by atoms with Gasteiger partial charge in [-0.3, -0.25) is 0 Å². The first-order valence-electron chi connectivity index (χ1n) is 12.0. The van der Waals surface area contributed by atoms with Crippen LogP contribution in [-0.4, -0.2) is 24.0 Å². The predicted octanol–water partition coefficient (Wildman–Crippen LogP) is 7.01. The van der Waals surface area contributed by atoms with E-state index in [2.05, 4.69) is 84.7 Å². The minimum Gasteiger partial charge on any atom is -0.496 e. The Bertz CT molecular complexity index is 856. The maximum absolute atomic E-state index is 6.32. The Morgan fingerprint density at radius 1 is 1.10 bits per heavy atom. The Hall–Kier alpha value is -1.07. The standard InChI is InChI=1S/C27H44OSi2/c1-19-17-22(26(2,3)4)24(28-5)23(25(19)29(6)7)27(15-11-12-16-27)20-13-14-21(18-20)30(8,9)10/h13-14,17-18,21,29H,11-12,15-16H2,1-10H3. The lowest BCUT2D eigenvalue weighted by Gasteiger charge is -2.38. The third-order valence-corrected chi connectivity index (χ3v) is 11.7. The van der Waals surface area contributed by atoms with Crippen LogP contribution < -0.4 is 9.92 Å². The maximum Gasteiger partial charge on any atom is 0.126 e. The molecule has 30 heavy (non-hydrogen) atoms. The van der Waals surface area contributed by atoms with Gasteiger partial charge in [-0.2, -0.15) is 0 Å². The summed E-state index contributed by atoms with van der Waals surface area (Å²) in [5, 5.41) is 1.66. The van der Waals surface area contributed by atoms with Crippen molar-refractivity contribution in [1.82, 2.24) is 0 Å². The number of ether oxygens (including phenoxy) is 1. The van der Waals surface area contributed by atoms with Crippen molar-refractivity contribution >= 4 is 22.1 Å². The zero-order valence-electron chi connectivity index (χ0n) is 21.2. The third-order valence-electron chi connectivity index (χ3n) is 7.45. The van der Waals surface area contributed by atoms with Crippen molar-refractivity contribution in [2.45, 2.75) is 102 Å². The minimum atomic E-state index is -1.25. The Morgan fingerprint density at radius 2 is 1.70 bits per heavy atom. The molecule has 2 aliphatic rings. The van der Waals surface area contributed by atoms with Gasteiger partial charge in [-0.15, -0.1) is 0 Å². The van der Waals surface area contributed by atoms with Gasteiger partial charge in [0.1, 0.15) is 5.75 Å². The number of aryl methyl sites for hydroxylation is 1. The van der Waals surface area contributed by atoms with Crippen LogP contribution in [0, 0.1) is 6.92 Å². The van der Waals surface area contributed by atoms with Gasteiger partial charge in [0.15, 0.2) is 0 Å². The zero-order chi connectivity index (χ0) is 22.5. The van der Waals surface area contributed by atoms with Gasteiger partial charge in [-0.25, -0.2) is 0 Å². The van der Waals surface area contributed by atoms with Crippen LogP contribution in [0.2, 0.25) is 38.3 Å². The number of allylic oxidation sites excluding steroid dienone is 4. The van der Waals surface area contributed by atoms with Crippen LogP contribution in [0.15, 0.2) is 29.9 Å². The predicted molar refractivity (Wildman–Crippen MR) is 139 cm³/mol. The zero-order valence-corrected chi connectivity index (χ0v) is 23.4. The summed E-state index contributed by atoms with van der Waals surface area (Å²) in [6.45, 7) is 21.8. The third kappa shape index (κ3) is 4.04. The van der Waals surface area contributed by atoms with Gasteiger partial charge in [0.25, 0.3) is 0 Å². The maximum atomic E-state index is 6.32. The van der Waals surface area contributed by atoms with E-state index in [-0.39, 0.29) is 10.8 Å². The van der Waals surface area contributed by atoms with Crippen molar-refractivity contribution in [3.05, 3.63) is 46.6 Å². The Balaban J connectivity index is 2.35. The van der Waals surface area contributed by atoms with Gasteiger partial charge < -0.3 is 4.74 Å². The molecule has 0 amide bonds. The molecule has 0 bridgehead atoms. The van der Waals surface area contributed by atoms with Gasteiger partial charge in [-0.1, -0.05) is 101 Å². The lowest BCUT2D eigenvalue weighted by atomic mass is 9.70. The second-order valence-corrected chi connectivity index (χ2v) is 20.4. The summed E-state index contributed by atoms with van der Waals surface area (Å²) >= 11 is 0. The molecule has 0 heterocycles. The van der Waals surface area contributed by atoms with Crippen molar-refractivity contribution < 1.29 is 4.74 Å². The van der Waals surface area contributed by atoms with Gasteiger partial charge >= 0.3 is 0 Å². The summed E-state index contributed by atoms with van der Waals surface area (Å²) in [6.07, 6.45) is 12.8. The molecule has 0 aromatic heterocycles. The molecule has 0 radical (unpaired) electrons. The highest BCUT2D eigenvalue weighted by Crippen LogP contribution is 2.54. The van der Waals surface area contributed by atoms with E-state index in [9.17, 15) is 0 Å². The monoisotopic (exact) mass is 440 g/mol. The first kappa shape index (κ1) is 23.6. The molecule has 1 saturated carbocycles. The van der Waals surface area contributed by atoms with Crippen LogP contribution in [0.25, 0.3) is 0 Å². The molecule has 1 fully saturated rings. The highest BCUT2D eigenvalue weighted by Gasteiger charge is 2.45. The van der Waals surface area contributed by atoms with Crippen molar-refractivity contribution in [2.24, 2.45) is 0 Å². The second kappa shape index (κ2) is 8.13. The van der Waals surface area contributed by atoms with Crippen LogP contribution in [0.3, 0.4) is 0 Å². The molecule has 0 spiro atoms. The molecule has 1 nitrogen and oxygen atoms in total. The summed E-state index contributed by atoms with van der Waals surface area (Å²) in [5.74, 6) is 1.19. The van der Waals surface area contributed by atoms with Crippen LogP contribution in [0.1, 0.15) is 63.1 Å². The number of hydrogen-bond acceptors (Lipinski definition) is 1. The molecular weight excluding hydrogens is 396 g/mol. The number of hydrogen-bond donors (Lipinski definition) is 0. The number of methoxy groups -OCH3 is 1. The first-order chi connectivity index (χ1) is 13.8. The fourth-order valence-corrected chi connectivity index (χ4v) is 9.17. The molecule has 1 aromatic carbocycles. The fraction of sp³-hybridized carbons (Fsp3) is 0.630. The van der Waals surface area contributed by atoms with E-state index in [0.717, 1.165) is 0 Å². The molecule has 0 aliphatic heterocycles. The molecule has 3 heteroatoms. The Morgan fingerprint density at radius 3 is 2.13 bits per heavy atom. The molecule has 1 aromatic rings. The van der Waals surface area contributed by atoms with E-state index in [1.54, 1.807) is 16.3 Å². The van der Waals surface area contributed by atoms with E-state index < -0.39 is 16.9 Å². The van der Waals surface area contributed by atoms with Crippen LogP contribution >= 0.6 is 0 Å². The van der Waals surface area contributed by atoms with Gasteiger partial charge in [0.05, 0.1) is 24.0 Å². The average Bonchev–Trinajstić information content (AvgIpc) is 3.29. The molecule has 1 atom stereocenters. The smallest absolute Gasteiger partial charge is 0.126 e. The highest BCUT2D eigenvalue weighted by atomic mass is 28.3. The van der Waals surface area contributed by atoms with E-state index in [0.29, 0.717) is 5.54 Å². The van der Waals surface area contributed by atoms with Crippen LogP contribution in [-0.2, 0) is 10.8 Å². The number of rotatable bonds is 5. The van der Waals surface area contributed by atoms with E-state index in [1.807, 2.05) is 7.11 Å². The number of benzene rings is 1. The summed E-state index contributed by atoms with van der Waals surface area (Å²) < 4.78 is 6.32. The van der Waals surface area contributed by atoms with E-state index in [4.69, 9.17) is 4.74 Å². The largest absolute Gasteiger partial charge is 0.496 e. The Kier molecular flexibility index (Phi) is 6.39. The SMILES string of the molecule is COc1c(C(C)(C)C)cc(C)c([SiH](C)C)c1C1(C2=CC([Si](C)(C)C)C=C2)CCCC1. The molecule has 0 saturated heterocycles. The summed E-state index contributed by atoms with van der Waals surface area (Å²) in [7, 11) is -0.380. The van der Waals surface area contributed by atoms with Crippen molar-refractivity contribution in [3.63, 3.8) is 0 Å². The first-order valence-corrected chi connectivity index (χ1v) is 18.4. The Labute approximate surface area is 188 Å². The molecule has 3 rings (SSSR count). The minimum absolute atomic E-state index is 0.0719. The highest BCUT2D eigenvalue weighted by molar-refractivity contribution is 6.78. The summed E-state index contributed by atoms with van der Waals surface area (Å²) in [6, 6.07) is 2.44. The molecule has 166 valence electrons. The lowest BCUT2D eigenvalue weighted by molar-refractivity contribution is 0.379. The van der Waals surface area contributed by atoms with Crippen LogP contribution in [0.5, 0.6) is 5.75 Å². The molecule has 0 N–H and O–H groups in total. The van der Waals surface area contributed by atoms with Crippen LogP contribution in [0.4, 0.5) is 0 Å². The second-order valence-electron chi connectivity index (χ2n) is 12.1. The quantitative estimate of drug-likeness (QED) is 0.447. The van der Waals surface area contributed by atoms with Crippen molar-refractivity contribution in [2.75, 3.05) is 7.11 Å². The lowest BCUT2D eigenvalue weighted by Crippen LogP contribution is -2.40. The van der Waals surface area contributed by atoms with Crippen molar-refractivity contribution in [3.8, 4) is 5.75 Å². The van der Waals surface area contributed by atoms with Crippen molar-refractivity contribution in [1.29, 1.82) is 0 Å². The molecular formula is C27H44OSi2. The van der Waals surface area contributed by atoms with E-state index >= 15 is 0 Å².